The first-order chi connectivity index (χ1) is 7.41. The van der Waals surface area contributed by atoms with Crippen molar-refractivity contribution >= 4 is 11.9 Å². The van der Waals surface area contributed by atoms with Crippen LogP contribution in [0.2, 0.25) is 0 Å². The van der Waals surface area contributed by atoms with Crippen molar-refractivity contribution in [1.82, 2.24) is 4.90 Å². The van der Waals surface area contributed by atoms with Gasteiger partial charge in [0.05, 0.1) is 0 Å². The van der Waals surface area contributed by atoms with Gasteiger partial charge >= 0.3 is 5.97 Å². The van der Waals surface area contributed by atoms with E-state index in [0.29, 0.717) is 6.54 Å². The van der Waals surface area contributed by atoms with E-state index in [2.05, 4.69) is 6.58 Å². The van der Waals surface area contributed by atoms with Gasteiger partial charge in [0.15, 0.2) is 5.76 Å². The SMILES string of the molecule is C=C(C)CN(C)C(=O)c1ccc(C(=O)O)o1. The van der Waals surface area contributed by atoms with Crippen molar-refractivity contribution < 1.29 is 19.1 Å². The third kappa shape index (κ3) is 2.73. The Bertz CT molecular complexity index is 433. The summed E-state index contributed by atoms with van der Waals surface area (Å²) in [5.74, 6) is -1.79. The van der Waals surface area contributed by atoms with Crippen LogP contribution in [0, 0.1) is 0 Å². The molecule has 0 aliphatic rings. The third-order valence-electron chi connectivity index (χ3n) is 1.88. The maximum Gasteiger partial charge on any atom is 0.371 e. The number of amides is 1. The van der Waals surface area contributed by atoms with Crippen LogP contribution in [0.4, 0.5) is 0 Å². The monoisotopic (exact) mass is 223 g/mol. The number of carboxylic acid groups (broad SMARTS) is 1. The number of likely N-dealkylation sites (N-methyl/N-ethyl adjacent to an activating group) is 1. The fraction of sp³-hybridized carbons (Fsp3) is 0.273. The second-order valence-electron chi connectivity index (χ2n) is 3.59. The molecule has 1 N–H and O–H groups in total. The molecule has 1 aromatic heterocycles. The highest BCUT2D eigenvalue weighted by atomic mass is 16.4. The molecule has 0 fully saturated rings. The minimum absolute atomic E-state index is 0.0150. The molecule has 1 aromatic rings. The van der Waals surface area contributed by atoms with Gasteiger partial charge in [0, 0.05) is 13.6 Å². The predicted molar refractivity (Wildman–Crippen MR) is 57.4 cm³/mol. The number of rotatable bonds is 4. The third-order valence-corrected chi connectivity index (χ3v) is 1.88. The maximum absolute atomic E-state index is 11.7. The van der Waals surface area contributed by atoms with Crippen LogP contribution in [-0.2, 0) is 0 Å². The molecule has 0 bridgehead atoms. The normalized spacial score (nSPS) is 9.88. The molecule has 0 spiro atoms. The first-order valence-electron chi connectivity index (χ1n) is 4.64. The van der Waals surface area contributed by atoms with Crippen molar-refractivity contribution in [3.63, 3.8) is 0 Å². The van der Waals surface area contributed by atoms with Crippen molar-refractivity contribution in [3.8, 4) is 0 Å². The molecule has 0 aliphatic heterocycles. The van der Waals surface area contributed by atoms with Crippen LogP contribution >= 0.6 is 0 Å². The lowest BCUT2D eigenvalue weighted by Crippen LogP contribution is -2.27. The highest BCUT2D eigenvalue weighted by molar-refractivity contribution is 5.93. The number of furan rings is 1. The Morgan fingerprint density at radius 2 is 2.00 bits per heavy atom. The number of carbonyl (C=O) groups excluding carboxylic acids is 1. The fourth-order valence-corrected chi connectivity index (χ4v) is 1.23. The van der Waals surface area contributed by atoms with E-state index >= 15 is 0 Å². The summed E-state index contributed by atoms with van der Waals surface area (Å²) in [6.07, 6.45) is 0. The molecule has 5 heteroatoms. The van der Waals surface area contributed by atoms with Crippen molar-refractivity contribution in [2.45, 2.75) is 6.92 Å². The van der Waals surface area contributed by atoms with E-state index in [-0.39, 0.29) is 17.4 Å². The van der Waals surface area contributed by atoms with E-state index in [4.69, 9.17) is 9.52 Å². The lowest BCUT2D eigenvalue weighted by Gasteiger charge is -2.15. The highest BCUT2D eigenvalue weighted by Crippen LogP contribution is 2.10. The summed E-state index contributed by atoms with van der Waals surface area (Å²) < 4.78 is 4.89. The first-order valence-corrected chi connectivity index (χ1v) is 4.64. The maximum atomic E-state index is 11.7. The predicted octanol–water partition coefficient (Wildman–Crippen LogP) is 1.63. The van der Waals surface area contributed by atoms with Gasteiger partial charge < -0.3 is 14.4 Å². The minimum atomic E-state index is -1.19. The van der Waals surface area contributed by atoms with Gasteiger partial charge in [-0.05, 0) is 19.1 Å². The van der Waals surface area contributed by atoms with E-state index < -0.39 is 5.97 Å². The lowest BCUT2D eigenvalue weighted by molar-refractivity contribution is 0.0654. The molecule has 1 rings (SSSR count). The van der Waals surface area contributed by atoms with E-state index in [1.807, 2.05) is 0 Å². The van der Waals surface area contributed by atoms with Crippen molar-refractivity contribution in [2.24, 2.45) is 0 Å². The van der Waals surface area contributed by atoms with Gasteiger partial charge in [0.1, 0.15) is 0 Å². The quantitative estimate of drug-likeness (QED) is 0.787. The van der Waals surface area contributed by atoms with E-state index in [1.54, 1.807) is 14.0 Å². The Morgan fingerprint density at radius 3 is 2.44 bits per heavy atom. The summed E-state index contributed by atoms with van der Waals surface area (Å²) in [6.45, 7) is 5.89. The number of nitrogens with zero attached hydrogens (tertiary/aromatic N) is 1. The van der Waals surface area contributed by atoms with E-state index in [0.717, 1.165) is 5.57 Å². The number of carbonyl (C=O) groups is 2. The van der Waals surface area contributed by atoms with Crippen LogP contribution in [0.1, 0.15) is 28.0 Å². The molecule has 0 saturated heterocycles. The van der Waals surface area contributed by atoms with Gasteiger partial charge in [0.2, 0.25) is 5.76 Å². The average molecular weight is 223 g/mol. The summed E-state index contributed by atoms with van der Waals surface area (Å²) in [5.41, 5.74) is 0.834. The largest absolute Gasteiger partial charge is 0.475 e. The Labute approximate surface area is 93.0 Å². The van der Waals surface area contributed by atoms with Crippen LogP contribution in [-0.4, -0.2) is 35.5 Å². The summed E-state index contributed by atoms with van der Waals surface area (Å²) in [6, 6.07) is 2.60. The number of hydrogen-bond acceptors (Lipinski definition) is 3. The molecule has 0 unspecified atom stereocenters. The molecule has 0 radical (unpaired) electrons. The Kier molecular flexibility index (Phi) is 3.50. The van der Waals surface area contributed by atoms with Gasteiger partial charge in [0.25, 0.3) is 5.91 Å². The Hall–Kier alpha value is -2.04. The molecule has 0 atom stereocenters. The zero-order valence-corrected chi connectivity index (χ0v) is 9.19. The smallest absolute Gasteiger partial charge is 0.371 e. The summed E-state index contributed by atoms with van der Waals surface area (Å²) >= 11 is 0. The van der Waals surface area contributed by atoms with E-state index in [9.17, 15) is 9.59 Å². The second kappa shape index (κ2) is 4.65. The van der Waals surface area contributed by atoms with Gasteiger partial charge in [-0.3, -0.25) is 4.79 Å². The van der Waals surface area contributed by atoms with Gasteiger partial charge in [-0.15, -0.1) is 0 Å². The Morgan fingerprint density at radius 1 is 1.44 bits per heavy atom. The van der Waals surface area contributed by atoms with Gasteiger partial charge in [-0.25, -0.2) is 4.79 Å². The molecule has 1 amide bonds. The van der Waals surface area contributed by atoms with Crippen molar-refractivity contribution in [2.75, 3.05) is 13.6 Å². The number of hydrogen-bond donors (Lipinski definition) is 1. The van der Waals surface area contributed by atoms with Crippen LogP contribution in [0.5, 0.6) is 0 Å². The zero-order chi connectivity index (χ0) is 12.3. The molecule has 86 valence electrons. The molecular weight excluding hydrogens is 210 g/mol. The summed E-state index contributed by atoms with van der Waals surface area (Å²) in [7, 11) is 1.60. The van der Waals surface area contributed by atoms with E-state index in [1.165, 1.54) is 17.0 Å². The summed E-state index contributed by atoms with van der Waals surface area (Å²) in [4.78, 5) is 23.7. The molecule has 0 aliphatic carbocycles. The molecular formula is C11H13NO4. The standard InChI is InChI=1S/C11H13NO4/c1-7(2)6-12(3)10(13)8-4-5-9(16-8)11(14)15/h4-5H,1,6H2,2-3H3,(H,14,15). The second-order valence-corrected chi connectivity index (χ2v) is 3.59. The Balaban J connectivity index is 2.80. The molecule has 16 heavy (non-hydrogen) atoms. The molecule has 0 saturated carbocycles. The minimum Gasteiger partial charge on any atom is -0.475 e. The van der Waals surface area contributed by atoms with Gasteiger partial charge in [-0.1, -0.05) is 12.2 Å². The van der Waals surface area contributed by atoms with Crippen LogP contribution in [0.25, 0.3) is 0 Å². The van der Waals surface area contributed by atoms with Crippen molar-refractivity contribution in [3.05, 3.63) is 35.8 Å². The molecule has 5 nitrogen and oxygen atoms in total. The lowest BCUT2D eigenvalue weighted by atomic mass is 10.3. The first kappa shape index (κ1) is 12.0. The van der Waals surface area contributed by atoms with Crippen molar-refractivity contribution in [1.29, 1.82) is 0 Å². The van der Waals surface area contributed by atoms with Gasteiger partial charge in [-0.2, -0.15) is 0 Å². The molecule has 1 heterocycles. The average Bonchev–Trinajstić information content (AvgIpc) is 2.64. The number of aromatic carboxylic acids is 1. The van der Waals surface area contributed by atoms with Crippen LogP contribution in [0.3, 0.4) is 0 Å². The number of carboxylic acids is 1. The molecule has 0 aromatic carbocycles. The fourth-order valence-electron chi connectivity index (χ4n) is 1.23. The zero-order valence-electron chi connectivity index (χ0n) is 9.19. The highest BCUT2D eigenvalue weighted by Gasteiger charge is 2.18. The summed E-state index contributed by atoms with van der Waals surface area (Å²) in [5, 5.41) is 8.63. The van der Waals surface area contributed by atoms with Crippen LogP contribution in [0.15, 0.2) is 28.7 Å². The van der Waals surface area contributed by atoms with Crippen LogP contribution < -0.4 is 0 Å². The topological polar surface area (TPSA) is 70.8 Å².